The molecule has 1 amide bonds. The van der Waals surface area contributed by atoms with Crippen molar-refractivity contribution in [3.63, 3.8) is 0 Å². The third kappa shape index (κ3) is 2.95. The summed E-state index contributed by atoms with van der Waals surface area (Å²) < 4.78 is 1.17. The predicted molar refractivity (Wildman–Crippen MR) is 84.3 cm³/mol. The first kappa shape index (κ1) is 15.2. The number of nitrogens with one attached hydrogen (secondary N) is 2. The minimum absolute atomic E-state index is 0. The highest BCUT2D eigenvalue weighted by Crippen LogP contribution is 2.25. The average Bonchev–Trinajstić information content (AvgIpc) is 3.02. The van der Waals surface area contributed by atoms with Crippen LogP contribution >= 0.6 is 23.7 Å². The molecule has 2 heterocycles. The van der Waals surface area contributed by atoms with Gasteiger partial charge in [0.15, 0.2) is 0 Å². The molecule has 1 aromatic carbocycles. The molecular formula is C14H18ClN3OS. The van der Waals surface area contributed by atoms with E-state index in [0.717, 1.165) is 30.0 Å². The van der Waals surface area contributed by atoms with Gasteiger partial charge in [-0.2, -0.15) is 0 Å². The fourth-order valence-electron chi connectivity index (χ4n) is 2.38. The van der Waals surface area contributed by atoms with Gasteiger partial charge in [0.25, 0.3) is 0 Å². The second-order valence-corrected chi connectivity index (χ2v) is 6.36. The van der Waals surface area contributed by atoms with Crippen LogP contribution in [0.15, 0.2) is 24.3 Å². The van der Waals surface area contributed by atoms with Crippen LogP contribution in [0.2, 0.25) is 0 Å². The van der Waals surface area contributed by atoms with Gasteiger partial charge in [-0.3, -0.25) is 4.79 Å². The predicted octanol–water partition coefficient (Wildman–Crippen LogP) is 2.33. The monoisotopic (exact) mass is 311 g/mol. The lowest BCUT2D eigenvalue weighted by Crippen LogP contribution is -2.39. The van der Waals surface area contributed by atoms with E-state index in [1.165, 1.54) is 4.70 Å². The molecule has 1 fully saturated rings. The topological polar surface area (TPSA) is 54.0 Å². The highest BCUT2D eigenvalue weighted by molar-refractivity contribution is 7.18. The molecule has 20 heavy (non-hydrogen) atoms. The van der Waals surface area contributed by atoms with Crippen LogP contribution in [0.3, 0.4) is 0 Å². The first-order valence-corrected chi connectivity index (χ1v) is 7.32. The number of hydrogen-bond donors (Lipinski definition) is 2. The largest absolute Gasteiger partial charge is 0.349 e. The maximum absolute atomic E-state index is 12.2. The van der Waals surface area contributed by atoms with Crippen molar-refractivity contribution in [1.82, 2.24) is 15.6 Å². The Kier molecular flexibility index (Phi) is 4.62. The number of halogens is 1. The van der Waals surface area contributed by atoms with Crippen molar-refractivity contribution >= 4 is 39.9 Å². The Hall–Kier alpha value is -1.17. The van der Waals surface area contributed by atoms with E-state index in [4.69, 9.17) is 0 Å². The fraction of sp³-hybridized carbons (Fsp3) is 0.429. The molecule has 1 atom stereocenters. The van der Waals surface area contributed by atoms with E-state index in [1.54, 1.807) is 11.3 Å². The summed E-state index contributed by atoms with van der Waals surface area (Å²) in [5, 5.41) is 7.21. The Morgan fingerprint density at radius 2 is 2.30 bits per heavy atom. The number of thiazole rings is 1. The molecule has 0 spiro atoms. The van der Waals surface area contributed by atoms with E-state index in [1.807, 2.05) is 25.1 Å². The lowest BCUT2D eigenvalue weighted by atomic mass is 9.89. The summed E-state index contributed by atoms with van der Waals surface area (Å²) in [6.07, 6.45) is 0.901. The number of para-hydroxylation sites is 1. The van der Waals surface area contributed by atoms with Crippen molar-refractivity contribution < 1.29 is 4.79 Å². The van der Waals surface area contributed by atoms with Crippen molar-refractivity contribution in [3.05, 3.63) is 29.3 Å². The molecule has 0 bridgehead atoms. The molecule has 0 radical (unpaired) electrons. The van der Waals surface area contributed by atoms with Crippen molar-refractivity contribution in [2.24, 2.45) is 5.41 Å². The van der Waals surface area contributed by atoms with Crippen molar-refractivity contribution in [2.75, 3.05) is 13.1 Å². The van der Waals surface area contributed by atoms with E-state index in [-0.39, 0.29) is 23.7 Å². The maximum atomic E-state index is 12.2. The summed E-state index contributed by atoms with van der Waals surface area (Å²) in [6, 6.07) is 8.05. The van der Waals surface area contributed by atoms with Crippen molar-refractivity contribution in [2.45, 2.75) is 19.9 Å². The number of carbonyl (C=O) groups excluding carboxylic acids is 1. The molecule has 1 saturated heterocycles. The number of hydrogen-bond acceptors (Lipinski definition) is 4. The Morgan fingerprint density at radius 3 is 3.00 bits per heavy atom. The highest BCUT2D eigenvalue weighted by Gasteiger charge is 2.35. The summed E-state index contributed by atoms with van der Waals surface area (Å²) in [5.41, 5.74) is 0.738. The number of aromatic nitrogens is 1. The number of carbonyl (C=O) groups is 1. The Bertz CT molecular complexity index is 574. The van der Waals surface area contributed by atoms with E-state index in [2.05, 4.69) is 21.7 Å². The zero-order valence-corrected chi connectivity index (χ0v) is 12.9. The molecule has 2 N–H and O–H groups in total. The Morgan fingerprint density at radius 1 is 1.50 bits per heavy atom. The van der Waals surface area contributed by atoms with Gasteiger partial charge in [0, 0.05) is 6.54 Å². The molecule has 4 nitrogen and oxygen atoms in total. The first-order valence-electron chi connectivity index (χ1n) is 6.51. The average molecular weight is 312 g/mol. The van der Waals surface area contributed by atoms with E-state index < -0.39 is 0 Å². The molecule has 1 unspecified atom stereocenters. The van der Waals surface area contributed by atoms with Crippen LogP contribution in [-0.2, 0) is 11.3 Å². The van der Waals surface area contributed by atoms with Gasteiger partial charge < -0.3 is 10.6 Å². The van der Waals surface area contributed by atoms with Crippen LogP contribution in [0.1, 0.15) is 18.4 Å². The summed E-state index contributed by atoms with van der Waals surface area (Å²) in [5.74, 6) is 0.122. The third-order valence-corrected chi connectivity index (χ3v) is 4.69. The summed E-state index contributed by atoms with van der Waals surface area (Å²) in [6.45, 7) is 4.22. The molecule has 1 aliphatic rings. The van der Waals surface area contributed by atoms with E-state index in [0.29, 0.717) is 6.54 Å². The van der Waals surface area contributed by atoms with Crippen molar-refractivity contribution in [3.8, 4) is 0 Å². The quantitative estimate of drug-likeness (QED) is 0.915. The molecule has 0 aliphatic carbocycles. The van der Waals surface area contributed by atoms with Gasteiger partial charge in [-0.1, -0.05) is 12.1 Å². The molecule has 108 valence electrons. The van der Waals surface area contributed by atoms with Crippen LogP contribution in [0.25, 0.3) is 10.2 Å². The SMILES string of the molecule is CC1(C(=O)NCc2nc3ccccc3s2)CCNC1.Cl. The van der Waals surface area contributed by atoms with Crippen LogP contribution in [0, 0.1) is 5.41 Å². The van der Waals surface area contributed by atoms with Gasteiger partial charge in [0.2, 0.25) is 5.91 Å². The second kappa shape index (κ2) is 6.08. The van der Waals surface area contributed by atoms with Gasteiger partial charge in [-0.25, -0.2) is 4.98 Å². The van der Waals surface area contributed by atoms with Crippen molar-refractivity contribution in [1.29, 1.82) is 0 Å². The lowest BCUT2D eigenvalue weighted by molar-refractivity contribution is -0.129. The fourth-order valence-corrected chi connectivity index (χ4v) is 3.28. The lowest BCUT2D eigenvalue weighted by Gasteiger charge is -2.20. The molecule has 0 saturated carbocycles. The summed E-state index contributed by atoms with van der Waals surface area (Å²) >= 11 is 1.64. The first-order chi connectivity index (χ1) is 9.17. The van der Waals surface area contributed by atoms with Crippen LogP contribution in [0.4, 0.5) is 0 Å². The summed E-state index contributed by atoms with van der Waals surface area (Å²) in [4.78, 5) is 16.7. The third-order valence-electron chi connectivity index (χ3n) is 3.66. The summed E-state index contributed by atoms with van der Waals surface area (Å²) in [7, 11) is 0. The Balaban J connectivity index is 0.00000147. The normalized spacial score (nSPS) is 21.6. The van der Waals surface area contributed by atoms with Gasteiger partial charge >= 0.3 is 0 Å². The molecule has 1 aromatic heterocycles. The number of nitrogens with zero attached hydrogens (tertiary/aromatic N) is 1. The van der Waals surface area contributed by atoms with Gasteiger partial charge in [0.1, 0.15) is 5.01 Å². The molecule has 3 rings (SSSR count). The standard InChI is InChI=1S/C14H17N3OS.ClH/c1-14(6-7-15-9-14)13(18)16-8-12-17-10-4-2-3-5-11(10)19-12;/h2-5,15H,6-9H2,1H3,(H,16,18);1H. The smallest absolute Gasteiger partial charge is 0.227 e. The van der Waals surface area contributed by atoms with Crippen LogP contribution in [0.5, 0.6) is 0 Å². The van der Waals surface area contributed by atoms with Gasteiger partial charge in [-0.15, -0.1) is 23.7 Å². The molecule has 6 heteroatoms. The zero-order valence-electron chi connectivity index (χ0n) is 11.3. The Labute approximate surface area is 128 Å². The van der Waals surface area contributed by atoms with Gasteiger partial charge in [-0.05, 0) is 32.0 Å². The van der Waals surface area contributed by atoms with Crippen LogP contribution in [-0.4, -0.2) is 24.0 Å². The van der Waals surface area contributed by atoms with Crippen LogP contribution < -0.4 is 10.6 Å². The van der Waals surface area contributed by atoms with Gasteiger partial charge in [0.05, 0.1) is 22.2 Å². The molecular weight excluding hydrogens is 294 g/mol. The maximum Gasteiger partial charge on any atom is 0.227 e. The second-order valence-electron chi connectivity index (χ2n) is 5.25. The molecule has 1 aliphatic heterocycles. The minimum atomic E-state index is -0.267. The minimum Gasteiger partial charge on any atom is -0.349 e. The number of amides is 1. The number of benzene rings is 1. The zero-order chi connectivity index (χ0) is 13.3. The van der Waals surface area contributed by atoms with E-state index >= 15 is 0 Å². The highest BCUT2D eigenvalue weighted by atomic mass is 35.5. The molecule has 2 aromatic rings. The number of fused-ring (bicyclic) bond motifs is 1. The number of rotatable bonds is 3. The van der Waals surface area contributed by atoms with E-state index in [9.17, 15) is 4.79 Å².